The SMILES string of the molecule is CC(=O)NC(CC(=O)OCC(=O)[C@]12OC(C)(C)O[C@H]1C[C@H]1[C@@H]3CCC4=CC(=O)C=C[C@]4(C)[C@@]3(F)[C@@H](O)C[C@@]12C)C(=O)OCCCCO[N+](=O)[O-]. The maximum atomic E-state index is 17.6. The first kappa shape index (κ1) is 37.5. The lowest BCUT2D eigenvalue weighted by atomic mass is 9.44. The quantitative estimate of drug-likeness (QED) is 0.122. The van der Waals surface area contributed by atoms with Crippen molar-refractivity contribution in [1.29, 1.82) is 0 Å². The molecule has 5 aliphatic rings. The van der Waals surface area contributed by atoms with Gasteiger partial charge in [-0.3, -0.25) is 19.2 Å². The molecule has 1 heterocycles. The van der Waals surface area contributed by atoms with Gasteiger partial charge in [-0.15, -0.1) is 10.1 Å². The average Bonchev–Trinajstić information content (AvgIpc) is 3.43. The Hall–Kier alpha value is -3.76. The van der Waals surface area contributed by atoms with Gasteiger partial charge in [-0.2, -0.15) is 0 Å². The number of aliphatic hydroxyl groups is 1. The molecule has 276 valence electrons. The first-order valence-electron chi connectivity index (χ1n) is 16.9. The Morgan fingerprint density at radius 2 is 1.84 bits per heavy atom. The van der Waals surface area contributed by atoms with Crippen LogP contribution in [0.25, 0.3) is 0 Å². The van der Waals surface area contributed by atoms with Crippen LogP contribution in [-0.2, 0) is 47.8 Å². The number of fused-ring (bicyclic) bond motifs is 7. The summed E-state index contributed by atoms with van der Waals surface area (Å²) in [5.74, 6) is -5.87. The summed E-state index contributed by atoms with van der Waals surface area (Å²) >= 11 is 0. The predicted octanol–water partition coefficient (Wildman–Crippen LogP) is 2.40. The Bertz CT molecular complexity index is 1510. The van der Waals surface area contributed by atoms with E-state index in [0.29, 0.717) is 18.4 Å². The Balaban J connectivity index is 1.30. The molecule has 0 aromatic carbocycles. The van der Waals surface area contributed by atoms with Gasteiger partial charge in [0.05, 0.1) is 31.8 Å². The Morgan fingerprint density at radius 3 is 2.52 bits per heavy atom. The fraction of sp³-hybridized carbons (Fsp3) is 0.735. The molecule has 50 heavy (non-hydrogen) atoms. The maximum absolute atomic E-state index is 17.6. The van der Waals surface area contributed by atoms with Crippen LogP contribution < -0.4 is 5.32 Å². The minimum absolute atomic E-state index is 0.154. The van der Waals surface area contributed by atoms with Crippen molar-refractivity contribution in [2.75, 3.05) is 19.8 Å². The van der Waals surface area contributed by atoms with Gasteiger partial charge in [0.1, 0.15) is 6.04 Å². The van der Waals surface area contributed by atoms with Gasteiger partial charge in [0.2, 0.25) is 11.7 Å². The molecule has 9 atom stereocenters. The van der Waals surface area contributed by atoms with E-state index in [9.17, 15) is 39.2 Å². The number of hydrogen-bond donors (Lipinski definition) is 2. The number of aliphatic hydroxyl groups excluding tert-OH is 1. The molecule has 1 saturated heterocycles. The van der Waals surface area contributed by atoms with Crippen LogP contribution in [0, 0.1) is 32.8 Å². The maximum Gasteiger partial charge on any atom is 0.329 e. The third kappa shape index (κ3) is 6.23. The predicted molar refractivity (Wildman–Crippen MR) is 168 cm³/mol. The van der Waals surface area contributed by atoms with Gasteiger partial charge in [-0.1, -0.05) is 18.6 Å². The van der Waals surface area contributed by atoms with Gasteiger partial charge < -0.3 is 34.2 Å². The molecule has 1 aliphatic heterocycles. The molecule has 0 spiro atoms. The summed E-state index contributed by atoms with van der Waals surface area (Å²) in [4.78, 5) is 78.3. The normalized spacial score (nSPS) is 36.9. The van der Waals surface area contributed by atoms with Gasteiger partial charge >= 0.3 is 11.9 Å². The summed E-state index contributed by atoms with van der Waals surface area (Å²) in [6.07, 6.45) is 2.57. The molecule has 5 rings (SSSR count). The molecule has 1 unspecified atom stereocenters. The second-order valence-corrected chi connectivity index (χ2v) is 14.8. The van der Waals surface area contributed by atoms with Crippen molar-refractivity contribution in [3.05, 3.63) is 33.9 Å². The van der Waals surface area contributed by atoms with Crippen molar-refractivity contribution < 1.29 is 62.3 Å². The summed E-state index contributed by atoms with van der Waals surface area (Å²) in [5.41, 5.74) is -5.60. The van der Waals surface area contributed by atoms with Crippen molar-refractivity contribution in [3.63, 3.8) is 0 Å². The highest BCUT2D eigenvalue weighted by Crippen LogP contribution is 2.72. The van der Waals surface area contributed by atoms with Crippen LogP contribution in [0.1, 0.15) is 79.6 Å². The number of alkyl halides is 1. The zero-order valence-corrected chi connectivity index (χ0v) is 28.9. The van der Waals surface area contributed by atoms with E-state index in [2.05, 4.69) is 10.2 Å². The Kier molecular flexibility index (Phi) is 10.1. The molecule has 0 radical (unpaired) electrons. The first-order valence-corrected chi connectivity index (χ1v) is 16.9. The third-order valence-electron chi connectivity index (χ3n) is 11.4. The molecule has 4 aliphatic carbocycles. The second-order valence-electron chi connectivity index (χ2n) is 14.8. The second kappa shape index (κ2) is 13.4. The van der Waals surface area contributed by atoms with Crippen LogP contribution in [0.5, 0.6) is 0 Å². The number of allylic oxidation sites excluding steroid dienone is 4. The van der Waals surface area contributed by atoms with E-state index in [4.69, 9.17) is 18.9 Å². The number of hydrogen-bond acceptors (Lipinski definition) is 13. The molecule has 4 fully saturated rings. The zero-order chi connectivity index (χ0) is 36.9. The summed E-state index contributed by atoms with van der Waals surface area (Å²) < 4.78 is 40.8. The fourth-order valence-corrected chi connectivity index (χ4v) is 9.34. The van der Waals surface area contributed by atoms with Gasteiger partial charge in [0.15, 0.2) is 29.4 Å². The average molecular weight is 709 g/mol. The van der Waals surface area contributed by atoms with E-state index in [1.165, 1.54) is 12.2 Å². The number of carbonyl (C=O) groups excluding carboxylic acids is 5. The molecule has 16 heteroatoms. The van der Waals surface area contributed by atoms with Crippen LogP contribution in [0.15, 0.2) is 23.8 Å². The number of halogens is 1. The van der Waals surface area contributed by atoms with Crippen LogP contribution >= 0.6 is 0 Å². The van der Waals surface area contributed by atoms with E-state index in [1.54, 1.807) is 33.8 Å². The lowest BCUT2D eigenvalue weighted by molar-refractivity contribution is -0.757. The van der Waals surface area contributed by atoms with Crippen LogP contribution in [0.3, 0.4) is 0 Å². The number of unbranched alkanes of at least 4 members (excludes halogenated alkanes) is 1. The molecule has 0 bridgehead atoms. The van der Waals surface area contributed by atoms with Crippen LogP contribution in [-0.4, -0.2) is 94.7 Å². The highest BCUT2D eigenvalue weighted by Gasteiger charge is 2.80. The van der Waals surface area contributed by atoms with Crippen molar-refractivity contribution in [2.45, 2.75) is 115 Å². The Morgan fingerprint density at radius 1 is 1.14 bits per heavy atom. The van der Waals surface area contributed by atoms with E-state index < -0.39 is 99.7 Å². The molecule has 3 saturated carbocycles. The highest BCUT2D eigenvalue weighted by atomic mass is 19.1. The Labute approximate surface area is 288 Å². The lowest BCUT2D eigenvalue weighted by Crippen LogP contribution is -2.70. The third-order valence-corrected chi connectivity index (χ3v) is 11.4. The van der Waals surface area contributed by atoms with Crippen molar-refractivity contribution >= 4 is 29.4 Å². The monoisotopic (exact) mass is 708 g/mol. The van der Waals surface area contributed by atoms with Gasteiger partial charge in [-0.05, 0) is 77.4 Å². The number of nitrogens with one attached hydrogen (secondary N) is 1. The number of amides is 1. The van der Waals surface area contributed by atoms with E-state index in [-0.39, 0.29) is 44.7 Å². The minimum atomic E-state index is -2.14. The van der Waals surface area contributed by atoms with Gasteiger partial charge in [0, 0.05) is 23.7 Å². The summed E-state index contributed by atoms with van der Waals surface area (Å²) in [6, 6.07) is -1.43. The number of esters is 2. The molecule has 0 aromatic heterocycles. The fourth-order valence-electron chi connectivity index (χ4n) is 9.34. The number of carbonyl (C=O) groups is 5. The highest BCUT2D eigenvalue weighted by molar-refractivity contribution is 6.01. The van der Waals surface area contributed by atoms with Crippen LogP contribution in [0.4, 0.5) is 4.39 Å². The van der Waals surface area contributed by atoms with Crippen LogP contribution in [0.2, 0.25) is 0 Å². The topological polar surface area (TPSA) is 207 Å². The molecule has 1 amide bonds. The molecule has 2 N–H and O–H groups in total. The number of rotatable bonds is 13. The molecule has 0 aromatic rings. The van der Waals surface area contributed by atoms with E-state index >= 15 is 4.39 Å². The van der Waals surface area contributed by atoms with Crippen molar-refractivity contribution in [2.24, 2.45) is 22.7 Å². The number of nitrogens with zero attached hydrogens (tertiary/aromatic N) is 1. The summed E-state index contributed by atoms with van der Waals surface area (Å²) in [7, 11) is 0. The van der Waals surface area contributed by atoms with Gasteiger partial charge in [-0.25, -0.2) is 9.18 Å². The summed E-state index contributed by atoms with van der Waals surface area (Å²) in [6.45, 7) is 6.77. The standard InChI is InChI=1S/C34H45FN2O13/c1-19(38)36-24(29(43)46-12-6-7-13-48-37(44)45)16-28(42)47-18-26(41)34-27(49-30(2,3)50-34)15-23-22-9-8-20-14-21(39)10-11-31(20,4)33(22,35)25(40)17-32(23,34)5/h10-11,14,22-25,27,40H,6-9,12-13,15-18H2,1-5H3,(H,36,38)/t22-,23-,24?,25-,27-,31-,32-,33-,34-/m0/s1. The molecule has 15 nitrogen and oxygen atoms in total. The number of ether oxygens (including phenoxy) is 4. The summed E-state index contributed by atoms with van der Waals surface area (Å²) in [5, 5.41) is 23.4. The lowest BCUT2D eigenvalue weighted by Gasteiger charge is -2.62. The smallest absolute Gasteiger partial charge is 0.329 e. The molecular weight excluding hydrogens is 663 g/mol. The zero-order valence-electron chi connectivity index (χ0n) is 28.9. The molecular formula is C34H45FN2O13. The largest absolute Gasteiger partial charge is 0.464 e. The van der Waals surface area contributed by atoms with Crippen molar-refractivity contribution in [3.8, 4) is 0 Å². The number of ketones is 2. The van der Waals surface area contributed by atoms with E-state index in [1.807, 2.05) is 0 Å². The van der Waals surface area contributed by atoms with Crippen molar-refractivity contribution in [1.82, 2.24) is 5.32 Å². The van der Waals surface area contributed by atoms with Gasteiger partial charge in [0.25, 0.3) is 5.09 Å². The minimum Gasteiger partial charge on any atom is -0.464 e. The number of Topliss-reactive ketones (excluding diaryl/α,β-unsaturated/α-hetero) is 1. The first-order chi connectivity index (χ1) is 23.3. The van der Waals surface area contributed by atoms with E-state index in [0.717, 1.165) is 6.92 Å².